The number of nitrogens with zero attached hydrogens (tertiary/aromatic N) is 1. The third-order valence-electron chi connectivity index (χ3n) is 1.74. The molecule has 1 aromatic rings. The van der Waals surface area contributed by atoms with E-state index >= 15 is 0 Å². The summed E-state index contributed by atoms with van der Waals surface area (Å²) in [6.07, 6.45) is 2.47. The molecule has 76 valence electrons. The SMILES string of the molecule is CCCOB(O)c1cccnc1OC. The van der Waals surface area contributed by atoms with Crippen LogP contribution in [-0.2, 0) is 4.65 Å². The maximum absolute atomic E-state index is 9.62. The van der Waals surface area contributed by atoms with Gasteiger partial charge >= 0.3 is 7.12 Å². The highest BCUT2D eigenvalue weighted by molar-refractivity contribution is 6.60. The van der Waals surface area contributed by atoms with E-state index in [1.807, 2.05) is 6.92 Å². The molecule has 4 nitrogen and oxygen atoms in total. The first-order valence-corrected chi connectivity index (χ1v) is 4.58. The van der Waals surface area contributed by atoms with Gasteiger partial charge in [-0.25, -0.2) is 4.98 Å². The molecule has 0 amide bonds. The number of aromatic nitrogens is 1. The van der Waals surface area contributed by atoms with Gasteiger partial charge in [0, 0.05) is 18.3 Å². The maximum atomic E-state index is 9.62. The molecule has 1 N–H and O–H groups in total. The molecular weight excluding hydrogens is 181 g/mol. The molecule has 14 heavy (non-hydrogen) atoms. The second kappa shape index (κ2) is 5.62. The van der Waals surface area contributed by atoms with Gasteiger partial charge in [-0.2, -0.15) is 0 Å². The van der Waals surface area contributed by atoms with E-state index in [-0.39, 0.29) is 0 Å². The van der Waals surface area contributed by atoms with Crippen LogP contribution in [0.4, 0.5) is 0 Å². The molecule has 0 aliphatic rings. The fourth-order valence-electron chi connectivity index (χ4n) is 1.08. The summed E-state index contributed by atoms with van der Waals surface area (Å²) in [6.45, 7) is 2.49. The van der Waals surface area contributed by atoms with Gasteiger partial charge in [0.05, 0.1) is 7.11 Å². The zero-order valence-electron chi connectivity index (χ0n) is 8.43. The summed E-state index contributed by atoms with van der Waals surface area (Å²) in [7, 11) is 0.553. The van der Waals surface area contributed by atoms with Crippen LogP contribution in [0.15, 0.2) is 18.3 Å². The number of hydrogen-bond donors (Lipinski definition) is 1. The Labute approximate surface area is 84.0 Å². The van der Waals surface area contributed by atoms with Crippen molar-refractivity contribution in [2.45, 2.75) is 13.3 Å². The minimum Gasteiger partial charge on any atom is -0.481 e. The standard InChI is InChI=1S/C9H14BNO3/c1-3-7-14-10(12)8-5-4-6-11-9(8)13-2/h4-6,12H,3,7H2,1-2H3. The summed E-state index contributed by atoms with van der Waals surface area (Å²) in [5, 5.41) is 9.62. The Hall–Kier alpha value is -1.07. The predicted molar refractivity (Wildman–Crippen MR) is 54.6 cm³/mol. The minimum absolute atomic E-state index is 0.399. The van der Waals surface area contributed by atoms with Crippen molar-refractivity contribution in [3.05, 3.63) is 18.3 Å². The van der Waals surface area contributed by atoms with E-state index in [1.165, 1.54) is 7.11 Å². The van der Waals surface area contributed by atoms with Crippen molar-refractivity contribution >= 4 is 12.6 Å². The van der Waals surface area contributed by atoms with Crippen molar-refractivity contribution in [2.75, 3.05) is 13.7 Å². The molecule has 1 aromatic heterocycles. The quantitative estimate of drug-likeness (QED) is 0.682. The van der Waals surface area contributed by atoms with Crippen molar-refractivity contribution in [1.29, 1.82) is 0 Å². The van der Waals surface area contributed by atoms with Gasteiger partial charge in [-0.1, -0.05) is 13.0 Å². The Morgan fingerprint density at radius 2 is 2.36 bits per heavy atom. The summed E-state index contributed by atoms with van der Waals surface area (Å²) in [5.74, 6) is 0.399. The van der Waals surface area contributed by atoms with Gasteiger partial charge in [0.25, 0.3) is 0 Å². The molecule has 0 spiro atoms. The Morgan fingerprint density at radius 1 is 1.57 bits per heavy atom. The molecule has 0 radical (unpaired) electrons. The molecule has 5 heteroatoms. The third-order valence-corrected chi connectivity index (χ3v) is 1.74. The van der Waals surface area contributed by atoms with Gasteiger partial charge in [0.1, 0.15) is 0 Å². The Kier molecular flexibility index (Phi) is 4.42. The first-order valence-electron chi connectivity index (χ1n) is 4.58. The molecule has 0 saturated heterocycles. The van der Waals surface area contributed by atoms with Crippen LogP contribution in [0.2, 0.25) is 0 Å². The molecule has 1 heterocycles. The summed E-state index contributed by atoms with van der Waals surface area (Å²) in [5.41, 5.74) is 0.559. The smallest absolute Gasteiger partial charge is 0.481 e. The van der Waals surface area contributed by atoms with Gasteiger partial charge in [-0.05, 0) is 12.5 Å². The van der Waals surface area contributed by atoms with E-state index in [4.69, 9.17) is 9.39 Å². The summed E-state index contributed by atoms with van der Waals surface area (Å²) in [6, 6.07) is 3.46. The summed E-state index contributed by atoms with van der Waals surface area (Å²) in [4.78, 5) is 3.96. The van der Waals surface area contributed by atoms with Crippen LogP contribution < -0.4 is 10.2 Å². The monoisotopic (exact) mass is 195 g/mol. The highest BCUT2D eigenvalue weighted by Gasteiger charge is 2.21. The van der Waals surface area contributed by atoms with Crippen molar-refractivity contribution in [3.63, 3.8) is 0 Å². The Morgan fingerprint density at radius 3 is 3.00 bits per heavy atom. The third kappa shape index (κ3) is 2.72. The molecule has 0 fully saturated rings. The van der Waals surface area contributed by atoms with Crippen LogP contribution in [0.1, 0.15) is 13.3 Å². The number of methoxy groups -OCH3 is 1. The number of pyridine rings is 1. The highest BCUT2D eigenvalue weighted by atomic mass is 16.5. The number of hydrogen-bond acceptors (Lipinski definition) is 4. The largest absolute Gasteiger partial charge is 0.496 e. The first-order chi connectivity index (χ1) is 6.79. The lowest BCUT2D eigenvalue weighted by atomic mass is 9.80. The summed E-state index contributed by atoms with van der Waals surface area (Å²) < 4.78 is 10.2. The molecule has 0 unspecified atom stereocenters. The highest BCUT2D eigenvalue weighted by Crippen LogP contribution is 2.02. The van der Waals surface area contributed by atoms with E-state index in [1.54, 1.807) is 18.3 Å². The molecule has 0 aliphatic heterocycles. The van der Waals surface area contributed by atoms with Gasteiger partial charge in [-0.3, -0.25) is 0 Å². The Balaban J connectivity index is 2.72. The van der Waals surface area contributed by atoms with Crippen molar-refractivity contribution in [3.8, 4) is 5.88 Å². The van der Waals surface area contributed by atoms with Crippen LogP contribution in [0, 0.1) is 0 Å². The average Bonchev–Trinajstić information content (AvgIpc) is 2.25. The maximum Gasteiger partial charge on any atom is 0.496 e. The van der Waals surface area contributed by atoms with Crippen LogP contribution in [-0.4, -0.2) is 30.8 Å². The van der Waals surface area contributed by atoms with E-state index in [0.29, 0.717) is 17.9 Å². The van der Waals surface area contributed by atoms with Crippen molar-refractivity contribution < 1.29 is 14.4 Å². The van der Waals surface area contributed by atoms with Gasteiger partial charge < -0.3 is 14.4 Å². The molecule has 0 bridgehead atoms. The molecule has 0 aliphatic carbocycles. The molecule has 0 atom stereocenters. The number of ether oxygens (including phenoxy) is 1. The van der Waals surface area contributed by atoms with Crippen molar-refractivity contribution in [2.24, 2.45) is 0 Å². The predicted octanol–water partition coefficient (Wildman–Crippen LogP) is 0.204. The topological polar surface area (TPSA) is 51.6 Å². The fraction of sp³-hybridized carbons (Fsp3) is 0.444. The normalized spacial score (nSPS) is 9.93. The zero-order chi connectivity index (χ0) is 10.4. The lowest BCUT2D eigenvalue weighted by Gasteiger charge is -2.09. The van der Waals surface area contributed by atoms with Crippen LogP contribution >= 0.6 is 0 Å². The minimum atomic E-state index is -0.960. The van der Waals surface area contributed by atoms with E-state index in [9.17, 15) is 5.02 Å². The van der Waals surface area contributed by atoms with Gasteiger partial charge in [0.2, 0.25) is 5.88 Å². The molecule has 1 rings (SSSR count). The van der Waals surface area contributed by atoms with Gasteiger partial charge in [-0.15, -0.1) is 0 Å². The fourth-order valence-corrected chi connectivity index (χ4v) is 1.08. The van der Waals surface area contributed by atoms with E-state index in [0.717, 1.165) is 6.42 Å². The second-order valence-corrected chi connectivity index (χ2v) is 2.83. The lowest BCUT2D eigenvalue weighted by molar-refractivity contribution is 0.269. The van der Waals surface area contributed by atoms with Crippen LogP contribution in [0.25, 0.3) is 0 Å². The van der Waals surface area contributed by atoms with Gasteiger partial charge in [0.15, 0.2) is 0 Å². The van der Waals surface area contributed by atoms with Crippen LogP contribution in [0.3, 0.4) is 0 Å². The lowest BCUT2D eigenvalue weighted by Crippen LogP contribution is -2.35. The molecular formula is C9H14BNO3. The second-order valence-electron chi connectivity index (χ2n) is 2.83. The number of rotatable bonds is 5. The Bertz CT molecular complexity index is 283. The summed E-state index contributed by atoms with van der Waals surface area (Å²) >= 11 is 0. The van der Waals surface area contributed by atoms with Crippen molar-refractivity contribution in [1.82, 2.24) is 4.98 Å². The molecule has 0 aromatic carbocycles. The van der Waals surface area contributed by atoms with Crippen LogP contribution in [0.5, 0.6) is 5.88 Å². The van der Waals surface area contributed by atoms with E-state index in [2.05, 4.69) is 4.98 Å². The zero-order valence-corrected chi connectivity index (χ0v) is 8.43. The first kappa shape index (κ1) is 11.0. The molecule has 0 saturated carbocycles. The van der Waals surface area contributed by atoms with E-state index < -0.39 is 7.12 Å². The average molecular weight is 195 g/mol.